The molecule has 28 heavy (non-hydrogen) atoms. The number of amides is 1. The predicted octanol–water partition coefficient (Wildman–Crippen LogP) is 2.92. The number of anilines is 1. The Labute approximate surface area is 169 Å². The molecule has 1 fully saturated rings. The smallest absolute Gasteiger partial charge is 0.348 e. The van der Waals surface area contributed by atoms with Crippen molar-refractivity contribution in [3.63, 3.8) is 0 Å². The SMILES string of the molecule is O=C(OCC(=O)N1CCN(c2ccccn2)CC1)c1cc2c(s1)CCCCC2. The molecule has 0 N–H and O–H groups in total. The summed E-state index contributed by atoms with van der Waals surface area (Å²) in [5.41, 5.74) is 1.28. The zero-order valence-electron chi connectivity index (χ0n) is 15.9. The van der Waals surface area contributed by atoms with Crippen LogP contribution < -0.4 is 4.90 Å². The van der Waals surface area contributed by atoms with E-state index in [2.05, 4.69) is 9.88 Å². The molecule has 0 saturated carbocycles. The van der Waals surface area contributed by atoms with Crippen molar-refractivity contribution >= 4 is 29.0 Å². The average Bonchev–Trinajstić information content (AvgIpc) is 3.03. The zero-order chi connectivity index (χ0) is 19.3. The molecule has 2 aromatic heterocycles. The molecule has 0 aromatic carbocycles. The largest absolute Gasteiger partial charge is 0.451 e. The molecule has 148 valence electrons. The first kappa shape index (κ1) is 18.9. The van der Waals surface area contributed by atoms with Gasteiger partial charge < -0.3 is 14.5 Å². The number of hydrogen-bond donors (Lipinski definition) is 0. The van der Waals surface area contributed by atoms with E-state index in [9.17, 15) is 9.59 Å². The first-order valence-corrected chi connectivity index (χ1v) is 10.7. The van der Waals surface area contributed by atoms with E-state index in [1.807, 2.05) is 24.3 Å². The van der Waals surface area contributed by atoms with Crippen LogP contribution in [-0.2, 0) is 22.4 Å². The Hall–Kier alpha value is -2.41. The maximum absolute atomic E-state index is 12.4. The van der Waals surface area contributed by atoms with Crippen LogP contribution in [0.3, 0.4) is 0 Å². The summed E-state index contributed by atoms with van der Waals surface area (Å²) in [6.07, 6.45) is 7.48. The van der Waals surface area contributed by atoms with E-state index in [1.54, 1.807) is 11.1 Å². The summed E-state index contributed by atoms with van der Waals surface area (Å²) in [4.78, 5) is 35.0. The minimum atomic E-state index is -0.376. The van der Waals surface area contributed by atoms with Gasteiger partial charge in [0.15, 0.2) is 6.61 Å². The molecular weight excluding hydrogens is 374 g/mol. The minimum Gasteiger partial charge on any atom is -0.451 e. The lowest BCUT2D eigenvalue weighted by molar-refractivity contribution is -0.134. The molecule has 3 heterocycles. The quantitative estimate of drug-likeness (QED) is 0.584. The van der Waals surface area contributed by atoms with Crippen molar-refractivity contribution in [2.24, 2.45) is 0 Å². The number of rotatable bonds is 4. The highest BCUT2D eigenvalue weighted by Gasteiger charge is 2.24. The summed E-state index contributed by atoms with van der Waals surface area (Å²) in [5, 5.41) is 0. The van der Waals surface area contributed by atoms with Crippen LogP contribution in [0.5, 0.6) is 0 Å². The van der Waals surface area contributed by atoms with Crippen molar-refractivity contribution in [2.45, 2.75) is 32.1 Å². The molecule has 0 radical (unpaired) electrons. The second kappa shape index (κ2) is 8.73. The molecule has 0 spiro atoms. The summed E-state index contributed by atoms with van der Waals surface area (Å²) in [6.45, 7) is 2.49. The monoisotopic (exact) mass is 399 g/mol. The van der Waals surface area contributed by atoms with E-state index in [4.69, 9.17) is 4.74 Å². The van der Waals surface area contributed by atoms with Gasteiger partial charge in [0.05, 0.1) is 0 Å². The van der Waals surface area contributed by atoms with Crippen molar-refractivity contribution < 1.29 is 14.3 Å². The van der Waals surface area contributed by atoms with E-state index < -0.39 is 0 Å². The Bertz CT molecular complexity index is 805. The molecule has 1 saturated heterocycles. The third-order valence-corrected chi connectivity index (χ3v) is 6.60. The normalized spacial score (nSPS) is 17.0. The number of aryl methyl sites for hydroxylation is 2. The van der Waals surface area contributed by atoms with Crippen LogP contribution in [0.1, 0.15) is 39.4 Å². The van der Waals surface area contributed by atoms with Gasteiger partial charge in [0.2, 0.25) is 0 Å². The van der Waals surface area contributed by atoms with Gasteiger partial charge in [-0.1, -0.05) is 12.5 Å². The molecule has 6 nitrogen and oxygen atoms in total. The van der Waals surface area contributed by atoms with Gasteiger partial charge in [0.25, 0.3) is 5.91 Å². The number of carbonyl (C=O) groups is 2. The van der Waals surface area contributed by atoms with E-state index in [0.717, 1.165) is 31.7 Å². The number of thiophene rings is 1. The number of esters is 1. The van der Waals surface area contributed by atoms with Crippen molar-refractivity contribution in [2.75, 3.05) is 37.7 Å². The number of aromatic nitrogens is 1. The van der Waals surface area contributed by atoms with Crippen LogP contribution in [0.15, 0.2) is 30.5 Å². The minimum absolute atomic E-state index is 0.132. The van der Waals surface area contributed by atoms with Crippen molar-refractivity contribution in [1.29, 1.82) is 0 Å². The molecule has 2 aliphatic rings. The number of ether oxygens (including phenoxy) is 1. The fourth-order valence-electron chi connectivity index (χ4n) is 3.78. The molecule has 1 aliphatic heterocycles. The average molecular weight is 400 g/mol. The molecule has 7 heteroatoms. The molecule has 1 aliphatic carbocycles. The van der Waals surface area contributed by atoms with Gasteiger partial charge in [-0.05, 0) is 49.4 Å². The first-order valence-electron chi connectivity index (χ1n) is 9.93. The van der Waals surface area contributed by atoms with Crippen LogP contribution in [0.25, 0.3) is 0 Å². The Morgan fingerprint density at radius 2 is 1.89 bits per heavy atom. The van der Waals surface area contributed by atoms with Crippen molar-refractivity contribution in [3.05, 3.63) is 45.8 Å². The summed E-state index contributed by atoms with van der Waals surface area (Å²) in [5.74, 6) is 0.421. The summed E-state index contributed by atoms with van der Waals surface area (Å²) < 4.78 is 5.32. The van der Waals surface area contributed by atoms with Crippen LogP contribution in [0, 0.1) is 0 Å². The highest BCUT2D eigenvalue weighted by molar-refractivity contribution is 7.14. The first-order chi connectivity index (χ1) is 13.7. The number of piperazine rings is 1. The van der Waals surface area contributed by atoms with E-state index in [0.29, 0.717) is 18.0 Å². The van der Waals surface area contributed by atoms with Gasteiger partial charge >= 0.3 is 5.97 Å². The Morgan fingerprint density at radius 3 is 2.68 bits per heavy atom. The number of nitrogens with zero attached hydrogens (tertiary/aromatic N) is 3. The van der Waals surface area contributed by atoms with Crippen molar-refractivity contribution in [3.8, 4) is 0 Å². The Kier molecular flexibility index (Phi) is 5.90. The van der Waals surface area contributed by atoms with Crippen LogP contribution in [0.4, 0.5) is 5.82 Å². The van der Waals surface area contributed by atoms with Crippen LogP contribution in [0.2, 0.25) is 0 Å². The Balaban J connectivity index is 1.26. The summed E-state index contributed by atoms with van der Waals surface area (Å²) >= 11 is 1.53. The zero-order valence-corrected chi connectivity index (χ0v) is 16.7. The lowest BCUT2D eigenvalue weighted by atomic mass is 10.1. The molecular formula is C21H25N3O3S. The number of carbonyl (C=O) groups excluding carboxylic acids is 2. The van der Waals surface area contributed by atoms with Crippen LogP contribution >= 0.6 is 11.3 Å². The maximum atomic E-state index is 12.4. The lowest BCUT2D eigenvalue weighted by Gasteiger charge is -2.35. The maximum Gasteiger partial charge on any atom is 0.348 e. The van der Waals surface area contributed by atoms with Gasteiger partial charge in [-0.25, -0.2) is 9.78 Å². The van der Waals surface area contributed by atoms with Gasteiger partial charge in [0.1, 0.15) is 10.7 Å². The van der Waals surface area contributed by atoms with Gasteiger partial charge in [0, 0.05) is 37.3 Å². The fraction of sp³-hybridized carbons (Fsp3) is 0.476. The summed E-state index contributed by atoms with van der Waals surface area (Å²) in [6, 6.07) is 7.79. The molecule has 0 bridgehead atoms. The second-order valence-corrected chi connectivity index (χ2v) is 8.39. The number of hydrogen-bond acceptors (Lipinski definition) is 6. The molecule has 2 aromatic rings. The molecule has 1 amide bonds. The van der Waals surface area contributed by atoms with E-state index in [1.165, 1.54) is 41.0 Å². The third-order valence-electron chi connectivity index (χ3n) is 5.38. The standard InChI is InChI=1S/C21H25N3O3S/c25-20(24-12-10-23(11-13-24)19-8-4-5-9-22-19)15-27-21(26)18-14-16-6-2-1-3-7-17(16)28-18/h4-5,8-9,14H,1-3,6-7,10-13,15H2. The topological polar surface area (TPSA) is 62.7 Å². The Morgan fingerprint density at radius 1 is 1.07 bits per heavy atom. The number of fused-ring (bicyclic) bond motifs is 1. The van der Waals surface area contributed by atoms with Crippen molar-refractivity contribution in [1.82, 2.24) is 9.88 Å². The van der Waals surface area contributed by atoms with Crippen LogP contribution in [-0.4, -0.2) is 54.5 Å². The van der Waals surface area contributed by atoms with Gasteiger partial charge in [-0.2, -0.15) is 0 Å². The van der Waals surface area contributed by atoms with Gasteiger partial charge in [-0.3, -0.25) is 4.79 Å². The second-order valence-electron chi connectivity index (χ2n) is 7.25. The van der Waals surface area contributed by atoms with E-state index >= 15 is 0 Å². The van der Waals surface area contributed by atoms with Gasteiger partial charge in [-0.15, -0.1) is 11.3 Å². The third kappa shape index (κ3) is 4.35. The molecule has 4 rings (SSSR count). The molecule has 0 unspecified atom stereocenters. The highest BCUT2D eigenvalue weighted by Crippen LogP contribution is 2.29. The number of pyridine rings is 1. The predicted molar refractivity (Wildman–Crippen MR) is 109 cm³/mol. The fourth-order valence-corrected chi connectivity index (χ4v) is 4.93. The van der Waals surface area contributed by atoms with E-state index in [-0.39, 0.29) is 18.5 Å². The highest BCUT2D eigenvalue weighted by atomic mass is 32.1. The summed E-state index contributed by atoms with van der Waals surface area (Å²) in [7, 11) is 0. The molecule has 0 atom stereocenters. The lowest BCUT2D eigenvalue weighted by Crippen LogP contribution is -2.50.